The molecule has 0 aromatic rings. The molecule has 0 bridgehead atoms. The summed E-state index contributed by atoms with van der Waals surface area (Å²) in [5, 5.41) is 3.04. The van der Waals surface area contributed by atoms with Crippen molar-refractivity contribution < 1.29 is 4.79 Å². The van der Waals surface area contributed by atoms with Crippen LogP contribution in [0.25, 0.3) is 0 Å². The van der Waals surface area contributed by atoms with Crippen LogP contribution in [0.1, 0.15) is 143 Å². The molecule has 0 spiro atoms. The minimum atomic E-state index is 0. The molecular weight excluding hydrogens is 496 g/mol. The van der Waals surface area contributed by atoms with Crippen LogP contribution < -0.4 is 5.32 Å². The van der Waals surface area contributed by atoms with E-state index in [1.807, 2.05) is 0 Å². The summed E-state index contributed by atoms with van der Waals surface area (Å²) in [4.78, 5) is 14.2. The van der Waals surface area contributed by atoms with Gasteiger partial charge in [-0.05, 0) is 44.2 Å². The molecule has 0 unspecified atom stereocenters. The number of halogens is 1. The molecule has 0 saturated carbocycles. The molecule has 1 N–H and O–H groups in total. The fraction of sp³-hybridized carbons (Fsp3) is 0.839. The highest BCUT2D eigenvalue weighted by Gasteiger charge is 2.02. The first kappa shape index (κ1) is 36.2. The second kappa shape index (κ2) is 31.1. The van der Waals surface area contributed by atoms with Gasteiger partial charge in [-0.15, -0.1) is 17.0 Å². The number of amides is 1. The molecule has 0 aliphatic rings. The second-order valence-electron chi connectivity index (χ2n) is 9.53. The van der Waals surface area contributed by atoms with Crippen molar-refractivity contribution in [2.75, 3.05) is 26.2 Å². The molecule has 0 heterocycles. The summed E-state index contributed by atoms with van der Waals surface area (Å²) in [6, 6.07) is 0. The molecule has 35 heavy (non-hydrogen) atoms. The predicted octanol–water partition coefficient (Wildman–Crippen LogP) is 8.46. The summed E-state index contributed by atoms with van der Waals surface area (Å²) in [7, 11) is 0. The van der Waals surface area contributed by atoms with E-state index in [9.17, 15) is 4.79 Å². The lowest BCUT2D eigenvalue weighted by Crippen LogP contribution is -2.34. The third-order valence-electron chi connectivity index (χ3n) is 6.49. The van der Waals surface area contributed by atoms with Crippen molar-refractivity contribution in [2.45, 2.75) is 143 Å². The smallest absolute Gasteiger partial charge is 0.220 e. The van der Waals surface area contributed by atoms with Crippen LogP contribution in [0.2, 0.25) is 0 Å². The lowest BCUT2D eigenvalue weighted by Gasteiger charge is -2.17. The van der Waals surface area contributed by atoms with E-state index in [-0.39, 0.29) is 22.9 Å². The number of carbonyl (C=O) groups is 1. The van der Waals surface area contributed by atoms with Gasteiger partial charge in [0.1, 0.15) is 0 Å². The van der Waals surface area contributed by atoms with Crippen LogP contribution in [0.3, 0.4) is 0 Å². The Bertz CT molecular complexity index is 566. The van der Waals surface area contributed by atoms with Gasteiger partial charge in [0, 0.05) is 32.4 Å². The molecule has 0 rings (SSSR count). The van der Waals surface area contributed by atoms with Crippen molar-refractivity contribution in [3.8, 4) is 23.7 Å². The molecule has 4 heteroatoms. The minimum absolute atomic E-state index is 0. The molecule has 0 saturated heterocycles. The van der Waals surface area contributed by atoms with E-state index in [1.54, 1.807) is 0 Å². The fourth-order valence-corrected chi connectivity index (χ4v) is 4.10. The van der Waals surface area contributed by atoms with Crippen LogP contribution in [0.4, 0.5) is 0 Å². The number of nitrogens with one attached hydrogen (secondary N) is 1. The van der Waals surface area contributed by atoms with E-state index in [4.69, 9.17) is 0 Å². The van der Waals surface area contributed by atoms with E-state index in [2.05, 4.69) is 54.7 Å². The zero-order valence-electron chi connectivity index (χ0n) is 23.5. The van der Waals surface area contributed by atoms with Crippen molar-refractivity contribution in [3.05, 3.63) is 0 Å². The molecule has 0 aliphatic carbocycles. The molecule has 204 valence electrons. The number of rotatable bonds is 23. The van der Waals surface area contributed by atoms with Gasteiger partial charge >= 0.3 is 0 Å². The topological polar surface area (TPSA) is 32.3 Å². The van der Waals surface area contributed by atoms with E-state index in [1.165, 1.54) is 89.9 Å². The lowest BCUT2D eigenvalue weighted by atomic mass is 10.1. The van der Waals surface area contributed by atoms with Crippen LogP contribution in [0.15, 0.2) is 0 Å². The predicted molar refractivity (Wildman–Crippen MR) is 160 cm³/mol. The Labute approximate surface area is 230 Å². The highest BCUT2D eigenvalue weighted by Crippen LogP contribution is 2.11. The van der Waals surface area contributed by atoms with E-state index in [0.29, 0.717) is 6.42 Å². The standard InChI is InChI=1S/C31H56N2O.BrH/c1-4-7-8-9-10-11-12-13-14-15-16-17-18-19-20-21-22-23-24-25-26-27-28-31(34)32-29-30-33(5-2)6-3;/h4-16,21-30H2,1-3H3,(H,32,34);1H. The molecule has 0 radical (unpaired) electrons. The van der Waals surface area contributed by atoms with Crippen molar-refractivity contribution in [3.63, 3.8) is 0 Å². The van der Waals surface area contributed by atoms with Crippen LogP contribution in [0.5, 0.6) is 0 Å². The largest absolute Gasteiger partial charge is 0.355 e. The van der Waals surface area contributed by atoms with Gasteiger partial charge in [0.25, 0.3) is 0 Å². The van der Waals surface area contributed by atoms with Gasteiger partial charge in [-0.25, -0.2) is 0 Å². The van der Waals surface area contributed by atoms with Crippen LogP contribution in [-0.4, -0.2) is 37.0 Å². The Morgan fingerprint density at radius 2 is 1.06 bits per heavy atom. The quantitative estimate of drug-likeness (QED) is 0.102. The lowest BCUT2D eigenvalue weighted by molar-refractivity contribution is -0.121. The average Bonchev–Trinajstić information content (AvgIpc) is 2.85. The van der Waals surface area contributed by atoms with Crippen LogP contribution >= 0.6 is 17.0 Å². The Morgan fingerprint density at radius 1 is 0.629 bits per heavy atom. The van der Waals surface area contributed by atoms with Gasteiger partial charge in [0.2, 0.25) is 5.91 Å². The van der Waals surface area contributed by atoms with Gasteiger partial charge in [-0.2, -0.15) is 0 Å². The summed E-state index contributed by atoms with van der Waals surface area (Å²) in [5.41, 5.74) is 0. The fourth-order valence-electron chi connectivity index (χ4n) is 4.10. The van der Waals surface area contributed by atoms with Gasteiger partial charge in [0.05, 0.1) is 0 Å². The Balaban J connectivity index is 0. The molecule has 3 nitrogen and oxygen atoms in total. The summed E-state index contributed by atoms with van der Waals surface area (Å²) < 4.78 is 0. The van der Waals surface area contributed by atoms with Crippen LogP contribution in [-0.2, 0) is 4.79 Å². The molecule has 0 atom stereocenters. The second-order valence-corrected chi connectivity index (χ2v) is 9.53. The molecule has 0 fully saturated rings. The number of likely N-dealkylation sites (N-methyl/N-ethyl adjacent to an activating group) is 1. The van der Waals surface area contributed by atoms with E-state index >= 15 is 0 Å². The van der Waals surface area contributed by atoms with E-state index < -0.39 is 0 Å². The van der Waals surface area contributed by atoms with E-state index in [0.717, 1.165) is 51.9 Å². The third-order valence-corrected chi connectivity index (χ3v) is 6.49. The first-order valence-electron chi connectivity index (χ1n) is 14.7. The highest BCUT2D eigenvalue weighted by atomic mass is 79.9. The molecular formula is C31H57BrN2O. The van der Waals surface area contributed by atoms with Gasteiger partial charge in [-0.1, -0.05) is 116 Å². The molecule has 0 aromatic heterocycles. The maximum absolute atomic E-state index is 11.9. The highest BCUT2D eigenvalue weighted by molar-refractivity contribution is 8.93. The van der Waals surface area contributed by atoms with Gasteiger partial charge < -0.3 is 10.2 Å². The van der Waals surface area contributed by atoms with Crippen molar-refractivity contribution >= 4 is 22.9 Å². The summed E-state index contributed by atoms with van der Waals surface area (Å²) in [6.07, 6.45) is 23.4. The summed E-state index contributed by atoms with van der Waals surface area (Å²) in [6.45, 7) is 10.4. The molecule has 1 amide bonds. The minimum Gasteiger partial charge on any atom is -0.355 e. The average molecular weight is 554 g/mol. The first-order chi connectivity index (χ1) is 16.7. The van der Waals surface area contributed by atoms with Gasteiger partial charge in [-0.3, -0.25) is 4.79 Å². The summed E-state index contributed by atoms with van der Waals surface area (Å²) >= 11 is 0. The third kappa shape index (κ3) is 29.2. The Hall–Kier alpha value is -0.970. The maximum Gasteiger partial charge on any atom is 0.220 e. The zero-order valence-corrected chi connectivity index (χ0v) is 25.2. The van der Waals surface area contributed by atoms with Crippen molar-refractivity contribution in [1.82, 2.24) is 10.2 Å². The first-order valence-corrected chi connectivity index (χ1v) is 14.7. The number of unbranched alkanes of at least 4 members (excludes halogenated alkanes) is 16. The number of carbonyl (C=O) groups excluding carboxylic acids is 1. The van der Waals surface area contributed by atoms with Crippen LogP contribution in [0, 0.1) is 23.7 Å². The number of hydrogen-bond acceptors (Lipinski definition) is 2. The summed E-state index contributed by atoms with van der Waals surface area (Å²) in [5.74, 6) is 12.7. The zero-order chi connectivity index (χ0) is 25.0. The normalized spacial score (nSPS) is 10.2. The van der Waals surface area contributed by atoms with Crippen molar-refractivity contribution in [1.29, 1.82) is 0 Å². The number of nitrogens with zero attached hydrogens (tertiary/aromatic N) is 1. The maximum atomic E-state index is 11.9. The Kier molecular flexibility index (Phi) is 32.1. The molecule has 0 aliphatic heterocycles. The molecule has 0 aromatic carbocycles. The SMILES string of the molecule is Br.CCCCCCCCCCCCC#CC#CCCCCCCCCC(=O)NCCN(CC)CC. The van der Waals surface area contributed by atoms with Crippen molar-refractivity contribution in [2.24, 2.45) is 0 Å². The monoisotopic (exact) mass is 552 g/mol. The van der Waals surface area contributed by atoms with Gasteiger partial charge in [0.15, 0.2) is 0 Å². The number of hydrogen-bond donors (Lipinski definition) is 1. The Morgan fingerprint density at radius 3 is 1.51 bits per heavy atom.